The predicted molar refractivity (Wildman–Crippen MR) is 62.3 cm³/mol. The SMILES string of the molecule is C=CCCCCCNC(=O)NC(C)C(=O)O. The smallest absolute Gasteiger partial charge is 0.325 e. The summed E-state index contributed by atoms with van der Waals surface area (Å²) in [5, 5.41) is 13.5. The van der Waals surface area contributed by atoms with Gasteiger partial charge in [0.25, 0.3) is 0 Å². The first kappa shape index (κ1) is 14.5. The molecule has 0 aliphatic rings. The van der Waals surface area contributed by atoms with Crippen molar-refractivity contribution in [2.24, 2.45) is 0 Å². The Morgan fingerprint density at radius 3 is 2.62 bits per heavy atom. The van der Waals surface area contributed by atoms with Gasteiger partial charge in [-0.2, -0.15) is 0 Å². The van der Waals surface area contributed by atoms with Crippen molar-refractivity contribution >= 4 is 12.0 Å². The van der Waals surface area contributed by atoms with Gasteiger partial charge in [-0.1, -0.05) is 12.5 Å². The van der Waals surface area contributed by atoms with Crippen molar-refractivity contribution in [3.8, 4) is 0 Å². The van der Waals surface area contributed by atoms with Gasteiger partial charge in [0.15, 0.2) is 0 Å². The van der Waals surface area contributed by atoms with Gasteiger partial charge in [-0.25, -0.2) is 4.79 Å². The topological polar surface area (TPSA) is 78.4 Å². The molecule has 1 unspecified atom stereocenters. The fourth-order valence-corrected chi connectivity index (χ4v) is 1.10. The molecule has 0 fully saturated rings. The van der Waals surface area contributed by atoms with E-state index in [1.807, 2.05) is 6.08 Å². The third-order valence-corrected chi connectivity index (χ3v) is 2.09. The van der Waals surface area contributed by atoms with Gasteiger partial charge >= 0.3 is 12.0 Å². The Balaban J connectivity index is 3.44. The van der Waals surface area contributed by atoms with E-state index in [1.54, 1.807) is 0 Å². The number of amides is 2. The summed E-state index contributed by atoms with van der Waals surface area (Å²) in [5.74, 6) is -1.04. The van der Waals surface area contributed by atoms with Gasteiger partial charge in [0, 0.05) is 6.54 Å². The second-order valence-corrected chi connectivity index (χ2v) is 3.60. The van der Waals surface area contributed by atoms with E-state index in [4.69, 9.17) is 5.11 Å². The molecule has 0 saturated heterocycles. The average Bonchev–Trinajstić information content (AvgIpc) is 2.23. The maximum Gasteiger partial charge on any atom is 0.325 e. The number of carbonyl (C=O) groups is 2. The molecule has 3 N–H and O–H groups in total. The van der Waals surface area contributed by atoms with Crippen molar-refractivity contribution in [1.82, 2.24) is 10.6 Å². The lowest BCUT2D eigenvalue weighted by Crippen LogP contribution is -2.44. The summed E-state index contributed by atoms with van der Waals surface area (Å²) in [6.07, 6.45) is 5.85. The lowest BCUT2D eigenvalue weighted by Gasteiger charge is -2.10. The van der Waals surface area contributed by atoms with Crippen LogP contribution in [-0.4, -0.2) is 29.7 Å². The molecule has 0 aliphatic carbocycles. The highest BCUT2D eigenvalue weighted by molar-refractivity contribution is 5.82. The number of carbonyl (C=O) groups excluding carboxylic acids is 1. The molecule has 2 amide bonds. The van der Waals surface area contributed by atoms with Gasteiger partial charge < -0.3 is 15.7 Å². The Hall–Kier alpha value is -1.52. The Bertz CT molecular complexity index is 241. The van der Waals surface area contributed by atoms with Gasteiger partial charge in [0.1, 0.15) is 6.04 Å². The van der Waals surface area contributed by atoms with Crippen LogP contribution in [0.2, 0.25) is 0 Å². The molecule has 16 heavy (non-hydrogen) atoms. The summed E-state index contributed by atoms with van der Waals surface area (Å²) in [5.41, 5.74) is 0. The van der Waals surface area contributed by atoms with E-state index >= 15 is 0 Å². The number of aliphatic carboxylic acids is 1. The van der Waals surface area contributed by atoms with Gasteiger partial charge in [-0.15, -0.1) is 6.58 Å². The third kappa shape index (κ3) is 7.84. The number of carboxylic acids is 1. The highest BCUT2D eigenvalue weighted by Gasteiger charge is 2.12. The largest absolute Gasteiger partial charge is 0.480 e. The highest BCUT2D eigenvalue weighted by Crippen LogP contribution is 1.98. The molecule has 0 aromatic heterocycles. The minimum Gasteiger partial charge on any atom is -0.480 e. The molecular weight excluding hydrogens is 208 g/mol. The molecule has 5 nitrogen and oxygen atoms in total. The number of hydrogen-bond donors (Lipinski definition) is 3. The monoisotopic (exact) mass is 228 g/mol. The zero-order valence-corrected chi connectivity index (χ0v) is 9.66. The van der Waals surface area contributed by atoms with Crippen LogP contribution in [0.3, 0.4) is 0 Å². The van der Waals surface area contributed by atoms with E-state index in [1.165, 1.54) is 6.92 Å². The average molecular weight is 228 g/mol. The van der Waals surface area contributed by atoms with Gasteiger partial charge in [0.2, 0.25) is 0 Å². The maximum absolute atomic E-state index is 11.1. The van der Waals surface area contributed by atoms with Crippen LogP contribution in [0, 0.1) is 0 Å². The van der Waals surface area contributed by atoms with Crippen molar-refractivity contribution in [2.75, 3.05) is 6.54 Å². The van der Waals surface area contributed by atoms with Crippen molar-refractivity contribution in [3.63, 3.8) is 0 Å². The van der Waals surface area contributed by atoms with E-state index < -0.39 is 18.0 Å². The third-order valence-electron chi connectivity index (χ3n) is 2.09. The first-order valence-corrected chi connectivity index (χ1v) is 5.46. The fourth-order valence-electron chi connectivity index (χ4n) is 1.10. The standard InChI is InChI=1S/C11H20N2O3/c1-3-4-5-6-7-8-12-11(16)13-9(2)10(14)15/h3,9H,1,4-8H2,2H3,(H,14,15)(H2,12,13,16). The number of carboxylic acid groups (broad SMARTS) is 1. The molecule has 5 heteroatoms. The quantitative estimate of drug-likeness (QED) is 0.435. The Kier molecular flexibility index (Phi) is 7.93. The van der Waals surface area contributed by atoms with Crippen molar-refractivity contribution in [3.05, 3.63) is 12.7 Å². The second-order valence-electron chi connectivity index (χ2n) is 3.60. The Morgan fingerprint density at radius 1 is 1.38 bits per heavy atom. The van der Waals surface area contributed by atoms with Crippen LogP contribution < -0.4 is 10.6 Å². The minimum absolute atomic E-state index is 0.432. The molecule has 0 rings (SSSR count). The van der Waals surface area contributed by atoms with E-state index in [2.05, 4.69) is 17.2 Å². The molecule has 0 heterocycles. The van der Waals surface area contributed by atoms with Crippen LogP contribution in [0.4, 0.5) is 4.79 Å². The Labute approximate surface area is 95.9 Å². The zero-order chi connectivity index (χ0) is 12.4. The van der Waals surface area contributed by atoms with Crippen LogP contribution in [0.5, 0.6) is 0 Å². The molecular formula is C11H20N2O3. The Morgan fingerprint density at radius 2 is 2.06 bits per heavy atom. The van der Waals surface area contributed by atoms with Crippen molar-refractivity contribution < 1.29 is 14.7 Å². The second kappa shape index (κ2) is 8.76. The number of allylic oxidation sites excluding steroid dienone is 1. The molecule has 0 saturated carbocycles. The zero-order valence-electron chi connectivity index (χ0n) is 9.66. The van der Waals surface area contributed by atoms with Crippen molar-refractivity contribution in [2.45, 2.75) is 38.6 Å². The predicted octanol–water partition coefficient (Wildman–Crippen LogP) is 1.51. The van der Waals surface area contributed by atoms with E-state index in [9.17, 15) is 9.59 Å². The number of rotatable bonds is 8. The summed E-state index contributed by atoms with van der Waals surface area (Å²) < 4.78 is 0. The number of unbranched alkanes of at least 4 members (excludes halogenated alkanes) is 3. The van der Waals surface area contributed by atoms with Crippen LogP contribution in [0.25, 0.3) is 0 Å². The summed E-state index contributed by atoms with van der Waals surface area (Å²) in [6.45, 7) is 5.61. The number of urea groups is 1. The van der Waals surface area contributed by atoms with Crippen LogP contribution >= 0.6 is 0 Å². The number of hydrogen-bond acceptors (Lipinski definition) is 2. The molecule has 92 valence electrons. The fraction of sp³-hybridized carbons (Fsp3) is 0.636. The first-order chi connectivity index (χ1) is 7.57. The van der Waals surface area contributed by atoms with Crippen LogP contribution in [0.15, 0.2) is 12.7 Å². The van der Waals surface area contributed by atoms with Crippen molar-refractivity contribution in [1.29, 1.82) is 0 Å². The maximum atomic E-state index is 11.1. The molecule has 0 aromatic rings. The summed E-state index contributed by atoms with van der Waals surface area (Å²) in [6, 6.07) is -1.29. The highest BCUT2D eigenvalue weighted by atomic mass is 16.4. The summed E-state index contributed by atoms with van der Waals surface area (Å²) >= 11 is 0. The molecule has 0 spiro atoms. The molecule has 1 atom stereocenters. The van der Waals surface area contributed by atoms with E-state index in [-0.39, 0.29) is 0 Å². The van der Waals surface area contributed by atoms with Crippen LogP contribution in [0.1, 0.15) is 32.6 Å². The summed E-state index contributed by atoms with van der Waals surface area (Å²) in [4.78, 5) is 21.6. The first-order valence-electron chi connectivity index (χ1n) is 5.46. The van der Waals surface area contributed by atoms with Gasteiger partial charge in [0.05, 0.1) is 0 Å². The van der Waals surface area contributed by atoms with E-state index in [0.29, 0.717) is 6.54 Å². The molecule has 0 bridgehead atoms. The lowest BCUT2D eigenvalue weighted by atomic mass is 10.2. The summed E-state index contributed by atoms with van der Waals surface area (Å²) in [7, 11) is 0. The van der Waals surface area contributed by atoms with E-state index in [0.717, 1.165) is 25.7 Å². The molecule has 0 aromatic carbocycles. The molecule has 0 radical (unpaired) electrons. The minimum atomic E-state index is -1.04. The van der Waals surface area contributed by atoms with Crippen LogP contribution in [-0.2, 0) is 4.79 Å². The van der Waals surface area contributed by atoms with Gasteiger partial charge in [-0.05, 0) is 26.2 Å². The number of nitrogens with one attached hydrogen (secondary N) is 2. The normalized spacial score (nSPS) is 11.6. The molecule has 0 aliphatic heterocycles. The lowest BCUT2D eigenvalue weighted by molar-refractivity contribution is -0.138. The van der Waals surface area contributed by atoms with Gasteiger partial charge in [-0.3, -0.25) is 4.79 Å².